The fourth-order valence-corrected chi connectivity index (χ4v) is 2.51. The van der Waals surface area contributed by atoms with E-state index in [0.29, 0.717) is 19.1 Å². The van der Waals surface area contributed by atoms with E-state index in [2.05, 4.69) is 5.32 Å². The lowest BCUT2D eigenvalue weighted by Crippen LogP contribution is -2.46. The average molecular weight is 262 g/mol. The summed E-state index contributed by atoms with van der Waals surface area (Å²) in [4.78, 5) is 13.7. The van der Waals surface area contributed by atoms with E-state index in [1.54, 1.807) is 4.90 Å². The van der Waals surface area contributed by atoms with Crippen molar-refractivity contribution in [3.05, 3.63) is 0 Å². The Hall–Kier alpha value is -0.620. The summed E-state index contributed by atoms with van der Waals surface area (Å²) in [6.45, 7) is 5.48. The summed E-state index contributed by atoms with van der Waals surface area (Å²) in [6.07, 6.45) is 3.28. The zero-order valence-electron chi connectivity index (χ0n) is 10.8. The van der Waals surface area contributed by atoms with E-state index in [1.807, 2.05) is 6.92 Å². The van der Waals surface area contributed by atoms with Gasteiger partial charge in [-0.1, -0.05) is 0 Å². The van der Waals surface area contributed by atoms with Crippen molar-refractivity contribution in [2.75, 3.05) is 25.9 Å². The lowest BCUT2D eigenvalue weighted by molar-refractivity contribution is -0.130. The van der Waals surface area contributed by atoms with Gasteiger partial charge in [0, 0.05) is 25.4 Å². The quantitative estimate of drug-likeness (QED) is 0.758. The molecule has 5 nitrogen and oxygen atoms in total. The molecule has 1 amide bonds. The zero-order chi connectivity index (χ0) is 13.1. The summed E-state index contributed by atoms with van der Waals surface area (Å²) >= 11 is 0. The van der Waals surface area contributed by atoms with Gasteiger partial charge in [-0.2, -0.15) is 0 Å². The predicted octanol–water partition coefficient (Wildman–Crippen LogP) is 0.0200. The fraction of sp³-hybridized carbons (Fsp3) is 0.909. The lowest BCUT2D eigenvalue weighted by atomic mass is 10.2. The van der Waals surface area contributed by atoms with Crippen LogP contribution in [0.4, 0.5) is 0 Å². The van der Waals surface area contributed by atoms with E-state index in [-0.39, 0.29) is 5.91 Å². The standard InChI is InChI=1S/C11H22N2O3S/c1-4-13(8-10-6-5-7-12-10)11(14)9(2)17(3,15)16/h9-10,12H,4-8H2,1-3H3. The Labute approximate surface area is 103 Å². The number of hydrogen-bond donors (Lipinski definition) is 1. The topological polar surface area (TPSA) is 66.5 Å². The van der Waals surface area contributed by atoms with Crippen LogP contribution in [-0.2, 0) is 14.6 Å². The minimum Gasteiger partial charge on any atom is -0.340 e. The van der Waals surface area contributed by atoms with Gasteiger partial charge in [0.25, 0.3) is 0 Å². The molecule has 2 unspecified atom stereocenters. The molecule has 1 heterocycles. The smallest absolute Gasteiger partial charge is 0.240 e. The number of carbonyl (C=O) groups is 1. The molecule has 0 aromatic carbocycles. The van der Waals surface area contributed by atoms with Gasteiger partial charge in [0.2, 0.25) is 5.91 Å². The number of likely N-dealkylation sites (N-methyl/N-ethyl adjacent to an activating group) is 1. The number of nitrogens with zero attached hydrogens (tertiary/aromatic N) is 1. The molecule has 1 fully saturated rings. The van der Waals surface area contributed by atoms with Gasteiger partial charge in [0.05, 0.1) is 0 Å². The Morgan fingerprint density at radius 2 is 2.18 bits per heavy atom. The molecule has 0 aliphatic carbocycles. The summed E-state index contributed by atoms with van der Waals surface area (Å²) < 4.78 is 22.7. The first-order chi connectivity index (χ1) is 7.86. The Bertz CT molecular complexity index is 361. The van der Waals surface area contributed by atoms with Gasteiger partial charge < -0.3 is 10.2 Å². The number of sulfone groups is 1. The highest BCUT2D eigenvalue weighted by Gasteiger charge is 2.29. The molecule has 0 spiro atoms. The third-order valence-electron chi connectivity index (χ3n) is 3.29. The number of carbonyl (C=O) groups excluding carboxylic acids is 1. The molecule has 0 radical (unpaired) electrons. The fourth-order valence-electron chi connectivity index (χ4n) is 1.99. The van der Waals surface area contributed by atoms with Crippen LogP contribution >= 0.6 is 0 Å². The highest BCUT2D eigenvalue weighted by atomic mass is 32.2. The Morgan fingerprint density at radius 3 is 2.59 bits per heavy atom. The van der Waals surface area contributed by atoms with Gasteiger partial charge in [0.1, 0.15) is 5.25 Å². The highest BCUT2D eigenvalue weighted by Crippen LogP contribution is 2.10. The first-order valence-corrected chi connectivity index (χ1v) is 8.02. The van der Waals surface area contributed by atoms with Crippen molar-refractivity contribution < 1.29 is 13.2 Å². The van der Waals surface area contributed by atoms with Crippen molar-refractivity contribution in [3.63, 3.8) is 0 Å². The number of amides is 1. The van der Waals surface area contributed by atoms with E-state index in [0.717, 1.165) is 25.6 Å². The van der Waals surface area contributed by atoms with Crippen LogP contribution in [0.5, 0.6) is 0 Å². The first-order valence-electron chi connectivity index (χ1n) is 6.07. The van der Waals surface area contributed by atoms with E-state index < -0.39 is 15.1 Å². The maximum absolute atomic E-state index is 12.0. The van der Waals surface area contributed by atoms with Crippen LogP contribution in [0.25, 0.3) is 0 Å². The summed E-state index contributed by atoms with van der Waals surface area (Å²) in [5, 5.41) is 2.37. The molecule has 0 saturated carbocycles. The molecule has 1 saturated heterocycles. The van der Waals surface area contributed by atoms with Crippen molar-refractivity contribution in [2.45, 2.75) is 38.0 Å². The molecule has 0 bridgehead atoms. The molecule has 0 aromatic rings. The summed E-state index contributed by atoms with van der Waals surface area (Å²) in [7, 11) is -3.30. The third-order valence-corrected chi connectivity index (χ3v) is 4.77. The van der Waals surface area contributed by atoms with Crippen LogP contribution in [0.1, 0.15) is 26.7 Å². The van der Waals surface area contributed by atoms with Crippen molar-refractivity contribution in [1.82, 2.24) is 10.2 Å². The van der Waals surface area contributed by atoms with Gasteiger partial charge in [-0.25, -0.2) is 8.42 Å². The van der Waals surface area contributed by atoms with Gasteiger partial charge in [0.15, 0.2) is 9.84 Å². The normalized spacial score (nSPS) is 22.4. The molecule has 2 atom stereocenters. The average Bonchev–Trinajstić information content (AvgIpc) is 2.75. The van der Waals surface area contributed by atoms with Crippen LogP contribution in [0, 0.1) is 0 Å². The van der Waals surface area contributed by atoms with Gasteiger partial charge in [-0.05, 0) is 33.2 Å². The SMILES string of the molecule is CCN(CC1CCCN1)C(=O)C(C)S(C)(=O)=O. The molecular formula is C11H22N2O3S. The van der Waals surface area contributed by atoms with Crippen molar-refractivity contribution in [1.29, 1.82) is 0 Å². The molecule has 1 N–H and O–H groups in total. The number of hydrogen-bond acceptors (Lipinski definition) is 4. The summed E-state index contributed by atoms with van der Waals surface area (Å²) in [5.41, 5.74) is 0. The van der Waals surface area contributed by atoms with Crippen LogP contribution < -0.4 is 5.32 Å². The maximum Gasteiger partial charge on any atom is 0.240 e. The van der Waals surface area contributed by atoms with Crippen molar-refractivity contribution in [2.24, 2.45) is 0 Å². The monoisotopic (exact) mass is 262 g/mol. The second kappa shape index (κ2) is 5.82. The molecule has 6 heteroatoms. The second-order valence-corrected chi connectivity index (χ2v) is 7.01. The number of nitrogens with one attached hydrogen (secondary N) is 1. The Kier molecular flexibility index (Phi) is 4.94. The van der Waals surface area contributed by atoms with E-state index >= 15 is 0 Å². The van der Waals surface area contributed by atoms with E-state index in [9.17, 15) is 13.2 Å². The van der Waals surface area contributed by atoms with Crippen LogP contribution in [0.2, 0.25) is 0 Å². The first kappa shape index (κ1) is 14.4. The zero-order valence-corrected chi connectivity index (χ0v) is 11.6. The Balaban J connectivity index is 2.63. The minimum absolute atomic E-state index is 0.288. The minimum atomic E-state index is -3.30. The van der Waals surface area contributed by atoms with E-state index in [4.69, 9.17) is 0 Å². The van der Waals surface area contributed by atoms with Crippen LogP contribution in [0.3, 0.4) is 0 Å². The summed E-state index contributed by atoms with van der Waals surface area (Å²) in [6, 6.07) is 0.311. The summed E-state index contributed by atoms with van der Waals surface area (Å²) in [5.74, 6) is -0.288. The van der Waals surface area contributed by atoms with Gasteiger partial charge in [-0.3, -0.25) is 4.79 Å². The molecule has 100 valence electrons. The molecule has 1 aliphatic rings. The molecule has 17 heavy (non-hydrogen) atoms. The van der Waals surface area contributed by atoms with E-state index in [1.165, 1.54) is 6.92 Å². The highest BCUT2D eigenvalue weighted by molar-refractivity contribution is 7.92. The van der Waals surface area contributed by atoms with Crippen LogP contribution in [0.15, 0.2) is 0 Å². The lowest BCUT2D eigenvalue weighted by Gasteiger charge is -2.26. The largest absolute Gasteiger partial charge is 0.340 e. The maximum atomic E-state index is 12.0. The van der Waals surface area contributed by atoms with Crippen molar-refractivity contribution >= 4 is 15.7 Å². The van der Waals surface area contributed by atoms with Gasteiger partial charge >= 0.3 is 0 Å². The molecular weight excluding hydrogens is 240 g/mol. The van der Waals surface area contributed by atoms with Crippen LogP contribution in [-0.4, -0.2) is 56.4 Å². The molecule has 1 rings (SSSR count). The second-order valence-electron chi connectivity index (χ2n) is 4.64. The molecule has 1 aliphatic heterocycles. The predicted molar refractivity (Wildman–Crippen MR) is 67.6 cm³/mol. The van der Waals surface area contributed by atoms with Gasteiger partial charge in [-0.15, -0.1) is 0 Å². The number of rotatable bonds is 5. The Morgan fingerprint density at radius 1 is 1.53 bits per heavy atom. The molecule has 0 aromatic heterocycles. The van der Waals surface area contributed by atoms with Crippen molar-refractivity contribution in [3.8, 4) is 0 Å². The third kappa shape index (κ3) is 3.96.